The van der Waals surface area contributed by atoms with Gasteiger partial charge in [0.2, 0.25) is 0 Å². The summed E-state index contributed by atoms with van der Waals surface area (Å²) in [7, 11) is 3.33. The number of methoxy groups -OCH3 is 2. The van der Waals surface area contributed by atoms with Crippen molar-refractivity contribution in [1.82, 2.24) is 0 Å². The maximum atomic E-state index is 5.88. The van der Waals surface area contributed by atoms with E-state index in [1.54, 1.807) is 14.2 Å². The zero-order chi connectivity index (χ0) is 14.4. The average molecular weight is 272 g/mol. The summed E-state index contributed by atoms with van der Waals surface area (Å²) in [5.74, 6) is 1.72. The van der Waals surface area contributed by atoms with Crippen molar-refractivity contribution in [1.29, 1.82) is 0 Å². The van der Waals surface area contributed by atoms with Crippen LogP contribution in [0.15, 0.2) is 48.5 Å². The van der Waals surface area contributed by atoms with Gasteiger partial charge in [-0.05, 0) is 42.3 Å². The second-order valence-corrected chi connectivity index (χ2v) is 4.57. The molecule has 0 saturated heterocycles. The van der Waals surface area contributed by atoms with Gasteiger partial charge in [-0.3, -0.25) is 0 Å². The summed E-state index contributed by atoms with van der Waals surface area (Å²) in [4.78, 5) is 0. The van der Waals surface area contributed by atoms with E-state index >= 15 is 0 Å². The predicted octanol–water partition coefficient (Wildman–Crippen LogP) is 3.98. The van der Waals surface area contributed by atoms with Crippen molar-refractivity contribution in [2.24, 2.45) is 0 Å². The Morgan fingerprint density at radius 3 is 1.80 bits per heavy atom. The number of ether oxygens (including phenoxy) is 3. The summed E-state index contributed by atoms with van der Waals surface area (Å²) in [6.45, 7) is 2.63. The van der Waals surface area contributed by atoms with E-state index < -0.39 is 0 Å². The zero-order valence-corrected chi connectivity index (χ0v) is 12.1. The average Bonchev–Trinajstić information content (AvgIpc) is 2.53. The molecule has 1 atom stereocenters. The number of hydrogen-bond donors (Lipinski definition) is 0. The fourth-order valence-corrected chi connectivity index (χ4v) is 1.91. The van der Waals surface area contributed by atoms with Crippen molar-refractivity contribution < 1.29 is 14.2 Å². The van der Waals surface area contributed by atoms with Gasteiger partial charge in [0.05, 0.1) is 26.9 Å². The summed E-state index contributed by atoms with van der Waals surface area (Å²) >= 11 is 0. The SMILES string of the molecule is COc1ccc(COC(C)c2ccc(OC)cc2)cc1. The zero-order valence-electron chi connectivity index (χ0n) is 12.1. The fourth-order valence-electron chi connectivity index (χ4n) is 1.91. The highest BCUT2D eigenvalue weighted by Gasteiger charge is 2.06. The van der Waals surface area contributed by atoms with Crippen molar-refractivity contribution in [2.45, 2.75) is 19.6 Å². The Balaban J connectivity index is 1.91. The van der Waals surface area contributed by atoms with Crippen LogP contribution >= 0.6 is 0 Å². The minimum absolute atomic E-state index is 0.0445. The molecule has 2 rings (SSSR count). The third kappa shape index (κ3) is 3.75. The largest absolute Gasteiger partial charge is 0.497 e. The standard InChI is InChI=1S/C17H20O3/c1-13(15-6-10-17(19-3)11-7-15)20-12-14-4-8-16(18-2)9-5-14/h4-11,13H,12H2,1-3H3. The van der Waals surface area contributed by atoms with E-state index in [2.05, 4.69) is 0 Å². The summed E-state index contributed by atoms with van der Waals surface area (Å²) < 4.78 is 16.2. The van der Waals surface area contributed by atoms with E-state index in [4.69, 9.17) is 14.2 Å². The Kier molecular flexibility index (Phi) is 5.02. The lowest BCUT2D eigenvalue weighted by atomic mass is 10.1. The molecule has 0 radical (unpaired) electrons. The van der Waals surface area contributed by atoms with Crippen LogP contribution in [0.2, 0.25) is 0 Å². The molecule has 0 saturated carbocycles. The first kappa shape index (κ1) is 14.4. The van der Waals surface area contributed by atoms with Crippen LogP contribution < -0.4 is 9.47 Å². The Morgan fingerprint density at radius 1 is 0.800 bits per heavy atom. The van der Waals surface area contributed by atoms with E-state index in [-0.39, 0.29) is 6.10 Å². The summed E-state index contributed by atoms with van der Waals surface area (Å²) in [6.07, 6.45) is 0.0445. The molecule has 0 fully saturated rings. The molecule has 0 aliphatic carbocycles. The molecule has 0 N–H and O–H groups in total. The normalized spacial score (nSPS) is 11.9. The van der Waals surface area contributed by atoms with E-state index in [1.807, 2.05) is 55.5 Å². The molecular weight excluding hydrogens is 252 g/mol. The summed E-state index contributed by atoms with van der Waals surface area (Å²) in [5, 5.41) is 0. The fraction of sp³-hybridized carbons (Fsp3) is 0.294. The predicted molar refractivity (Wildman–Crippen MR) is 79.2 cm³/mol. The Labute approximate surface area is 120 Å². The third-order valence-electron chi connectivity index (χ3n) is 3.24. The van der Waals surface area contributed by atoms with Gasteiger partial charge >= 0.3 is 0 Å². The van der Waals surface area contributed by atoms with Crippen LogP contribution in [-0.2, 0) is 11.3 Å². The number of hydrogen-bond acceptors (Lipinski definition) is 3. The van der Waals surface area contributed by atoms with Crippen molar-refractivity contribution in [3.8, 4) is 11.5 Å². The minimum Gasteiger partial charge on any atom is -0.497 e. The van der Waals surface area contributed by atoms with E-state index in [9.17, 15) is 0 Å². The molecule has 0 aliphatic heterocycles. The molecule has 0 aliphatic rings. The molecule has 2 aromatic rings. The van der Waals surface area contributed by atoms with Crippen molar-refractivity contribution in [3.63, 3.8) is 0 Å². The highest BCUT2D eigenvalue weighted by atomic mass is 16.5. The lowest BCUT2D eigenvalue weighted by Crippen LogP contribution is -2.00. The van der Waals surface area contributed by atoms with Gasteiger partial charge in [0, 0.05) is 0 Å². The quantitative estimate of drug-likeness (QED) is 0.796. The van der Waals surface area contributed by atoms with Crippen LogP contribution in [-0.4, -0.2) is 14.2 Å². The van der Waals surface area contributed by atoms with Crippen LogP contribution in [0.4, 0.5) is 0 Å². The maximum Gasteiger partial charge on any atom is 0.118 e. The third-order valence-corrected chi connectivity index (χ3v) is 3.24. The summed E-state index contributed by atoms with van der Waals surface area (Å²) in [6, 6.07) is 15.9. The van der Waals surface area contributed by atoms with Crippen molar-refractivity contribution in [3.05, 3.63) is 59.7 Å². The Morgan fingerprint density at radius 2 is 1.30 bits per heavy atom. The molecular formula is C17H20O3. The summed E-state index contributed by atoms with van der Waals surface area (Å²) in [5.41, 5.74) is 2.27. The molecule has 0 heterocycles. The van der Waals surface area contributed by atoms with E-state index in [0.717, 1.165) is 22.6 Å². The molecule has 0 amide bonds. The maximum absolute atomic E-state index is 5.88. The molecule has 2 aromatic carbocycles. The van der Waals surface area contributed by atoms with E-state index in [0.29, 0.717) is 6.61 Å². The molecule has 0 spiro atoms. The van der Waals surface area contributed by atoms with Crippen LogP contribution in [0.3, 0.4) is 0 Å². The van der Waals surface area contributed by atoms with Gasteiger partial charge in [-0.2, -0.15) is 0 Å². The van der Waals surface area contributed by atoms with Gasteiger partial charge < -0.3 is 14.2 Å². The lowest BCUT2D eigenvalue weighted by molar-refractivity contribution is 0.0525. The molecule has 20 heavy (non-hydrogen) atoms. The van der Waals surface area contributed by atoms with Crippen LogP contribution in [0.5, 0.6) is 11.5 Å². The lowest BCUT2D eigenvalue weighted by Gasteiger charge is -2.14. The molecule has 1 unspecified atom stereocenters. The molecule has 3 nitrogen and oxygen atoms in total. The van der Waals surface area contributed by atoms with Gasteiger partial charge in [-0.25, -0.2) is 0 Å². The van der Waals surface area contributed by atoms with Gasteiger partial charge in [-0.1, -0.05) is 24.3 Å². The van der Waals surface area contributed by atoms with Crippen molar-refractivity contribution in [2.75, 3.05) is 14.2 Å². The second-order valence-electron chi connectivity index (χ2n) is 4.57. The smallest absolute Gasteiger partial charge is 0.118 e. The van der Waals surface area contributed by atoms with Crippen molar-refractivity contribution >= 4 is 0 Å². The number of rotatable bonds is 6. The molecule has 106 valence electrons. The second kappa shape index (κ2) is 6.96. The topological polar surface area (TPSA) is 27.7 Å². The first-order valence-corrected chi connectivity index (χ1v) is 6.61. The Hall–Kier alpha value is -2.00. The Bertz CT molecular complexity index is 517. The minimum atomic E-state index is 0.0445. The molecule has 0 aromatic heterocycles. The van der Waals surface area contributed by atoms with Gasteiger partial charge in [0.15, 0.2) is 0 Å². The monoisotopic (exact) mass is 272 g/mol. The van der Waals surface area contributed by atoms with Gasteiger partial charge in [0.1, 0.15) is 11.5 Å². The van der Waals surface area contributed by atoms with Gasteiger partial charge in [0.25, 0.3) is 0 Å². The van der Waals surface area contributed by atoms with Crippen LogP contribution in [0.25, 0.3) is 0 Å². The number of benzene rings is 2. The first-order chi connectivity index (χ1) is 9.72. The van der Waals surface area contributed by atoms with E-state index in [1.165, 1.54) is 0 Å². The first-order valence-electron chi connectivity index (χ1n) is 6.61. The highest BCUT2D eigenvalue weighted by molar-refractivity contribution is 5.29. The highest BCUT2D eigenvalue weighted by Crippen LogP contribution is 2.22. The molecule has 0 bridgehead atoms. The van der Waals surface area contributed by atoms with Gasteiger partial charge in [-0.15, -0.1) is 0 Å². The molecule has 3 heteroatoms. The van der Waals surface area contributed by atoms with Crippen LogP contribution in [0, 0.1) is 0 Å². The van der Waals surface area contributed by atoms with Crippen LogP contribution in [0.1, 0.15) is 24.2 Å².